The SMILES string of the molecule is CO[C@@H]1CCC(NC(=O)c2cnn3c(N(C)C(=O)OC(C)(C)C)cc(Nc4cccn(C5CCOCC5)c4=O)nc23)C1. The highest BCUT2D eigenvalue weighted by Crippen LogP contribution is 2.27. The third-order valence-corrected chi connectivity index (χ3v) is 7.58. The molecule has 13 heteroatoms. The van der Waals surface area contributed by atoms with Crippen molar-refractivity contribution in [3.05, 3.63) is 46.5 Å². The van der Waals surface area contributed by atoms with Gasteiger partial charge >= 0.3 is 6.09 Å². The number of amides is 2. The molecule has 1 unspecified atom stereocenters. The van der Waals surface area contributed by atoms with E-state index >= 15 is 0 Å². The Hall–Kier alpha value is -3.97. The molecule has 2 amide bonds. The average Bonchev–Trinajstić information content (AvgIpc) is 3.60. The van der Waals surface area contributed by atoms with Crippen LogP contribution in [0.5, 0.6) is 0 Å². The predicted octanol–water partition coefficient (Wildman–Crippen LogP) is 3.65. The maximum Gasteiger partial charge on any atom is 0.415 e. The lowest BCUT2D eigenvalue weighted by atomic mass is 10.1. The van der Waals surface area contributed by atoms with E-state index in [4.69, 9.17) is 14.2 Å². The smallest absolute Gasteiger partial charge is 0.415 e. The van der Waals surface area contributed by atoms with E-state index in [9.17, 15) is 14.4 Å². The molecular formula is C29H39N7O6. The molecule has 4 heterocycles. The van der Waals surface area contributed by atoms with Gasteiger partial charge in [0.05, 0.1) is 12.3 Å². The van der Waals surface area contributed by atoms with Gasteiger partial charge in [-0.15, -0.1) is 0 Å². The highest BCUT2D eigenvalue weighted by Gasteiger charge is 2.29. The monoisotopic (exact) mass is 581 g/mol. The first kappa shape index (κ1) is 29.5. The molecule has 42 heavy (non-hydrogen) atoms. The van der Waals surface area contributed by atoms with Gasteiger partial charge in [-0.25, -0.2) is 9.78 Å². The van der Waals surface area contributed by atoms with E-state index in [0.717, 1.165) is 32.1 Å². The summed E-state index contributed by atoms with van der Waals surface area (Å²) < 4.78 is 19.6. The number of aromatic nitrogens is 4. The summed E-state index contributed by atoms with van der Waals surface area (Å²) in [5, 5.41) is 10.6. The lowest BCUT2D eigenvalue weighted by Crippen LogP contribution is -2.35. The Labute approximate surface area is 244 Å². The molecule has 226 valence electrons. The van der Waals surface area contributed by atoms with Crippen LogP contribution >= 0.6 is 0 Å². The Kier molecular flexibility index (Phi) is 8.50. The molecule has 1 aliphatic carbocycles. The molecule has 3 aromatic rings. The van der Waals surface area contributed by atoms with Gasteiger partial charge in [-0.2, -0.15) is 9.61 Å². The van der Waals surface area contributed by atoms with Gasteiger partial charge in [-0.1, -0.05) is 0 Å². The quantitative estimate of drug-likeness (QED) is 0.428. The zero-order valence-electron chi connectivity index (χ0n) is 24.8. The van der Waals surface area contributed by atoms with E-state index in [2.05, 4.69) is 20.7 Å². The Bertz CT molecular complexity index is 1500. The number of anilines is 3. The molecule has 1 saturated carbocycles. The van der Waals surface area contributed by atoms with Crippen molar-refractivity contribution >= 4 is 35.0 Å². The second kappa shape index (κ2) is 12.1. The molecule has 0 bridgehead atoms. The van der Waals surface area contributed by atoms with Crippen molar-refractivity contribution in [2.75, 3.05) is 37.6 Å². The van der Waals surface area contributed by atoms with Crippen molar-refractivity contribution in [3.63, 3.8) is 0 Å². The van der Waals surface area contributed by atoms with Gasteiger partial charge in [0.15, 0.2) is 5.65 Å². The fourth-order valence-corrected chi connectivity index (χ4v) is 5.38. The topological polar surface area (TPSA) is 141 Å². The van der Waals surface area contributed by atoms with Crippen molar-refractivity contribution in [2.45, 2.75) is 76.7 Å². The predicted molar refractivity (Wildman–Crippen MR) is 157 cm³/mol. The summed E-state index contributed by atoms with van der Waals surface area (Å²) in [6.07, 6.45) is 6.60. The first-order valence-corrected chi connectivity index (χ1v) is 14.3. The van der Waals surface area contributed by atoms with Crippen LogP contribution in [0.2, 0.25) is 0 Å². The van der Waals surface area contributed by atoms with Crippen LogP contribution < -0.4 is 21.1 Å². The minimum Gasteiger partial charge on any atom is -0.443 e. The van der Waals surface area contributed by atoms with Gasteiger partial charge < -0.3 is 29.4 Å². The van der Waals surface area contributed by atoms with Crippen LogP contribution in [-0.2, 0) is 14.2 Å². The van der Waals surface area contributed by atoms with Gasteiger partial charge in [0, 0.05) is 51.7 Å². The minimum atomic E-state index is -0.728. The molecule has 0 aromatic carbocycles. The van der Waals surface area contributed by atoms with E-state index in [1.807, 2.05) is 0 Å². The molecule has 1 aliphatic heterocycles. The largest absolute Gasteiger partial charge is 0.443 e. The van der Waals surface area contributed by atoms with Gasteiger partial charge in [-0.05, 0) is 65.0 Å². The van der Waals surface area contributed by atoms with Crippen LogP contribution in [0.4, 0.5) is 22.1 Å². The number of methoxy groups -OCH3 is 1. The van der Waals surface area contributed by atoms with E-state index < -0.39 is 11.7 Å². The third-order valence-electron chi connectivity index (χ3n) is 7.58. The molecule has 2 atom stereocenters. The molecule has 2 N–H and O–H groups in total. The second-order valence-electron chi connectivity index (χ2n) is 11.8. The molecule has 1 saturated heterocycles. The lowest BCUT2D eigenvalue weighted by Gasteiger charge is -2.25. The van der Waals surface area contributed by atoms with Crippen LogP contribution in [0.15, 0.2) is 35.4 Å². The lowest BCUT2D eigenvalue weighted by molar-refractivity contribution is 0.0587. The summed E-state index contributed by atoms with van der Waals surface area (Å²) in [6, 6.07) is 5.08. The number of ether oxygens (including phenoxy) is 3. The van der Waals surface area contributed by atoms with Gasteiger partial charge in [0.1, 0.15) is 28.5 Å². The van der Waals surface area contributed by atoms with Gasteiger partial charge in [0.2, 0.25) is 0 Å². The highest BCUT2D eigenvalue weighted by atomic mass is 16.6. The maximum absolute atomic E-state index is 13.4. The summed E-state index contributed by atoms with van der Waals surface area (Å²) in [5.41, 5.74) is -0.146. The maximum atomic E-state index is 13.4. The zero-order valence-corrected chi connectivity index (χ0v) is 24.8. The van der Waals surface area contributed by atoms with Crippen LogP contribution in [0, 0.1) is 0 Å². The standard InChI is InChI=1S/C29H39N7O6/c1-29(2,3)42-28(39)34(4)24-16-23(32-22-7-6-12-35(27(22)38)19-10-13-41-14-11-19)33-25-21(17-30-36(24)25)26(37)31-18-8-9-20(15-18)40-5/h6-7,12,16-20H,8-11,13-15H2,1-5H3,(H,31,37)(H,32,33)/t18?,20-/m1/s1. The van der Waals surface area contributed by atoms with E-state index in [0.29, 0.717) is 24.7 Å². The summed E-state index contributed by atoms with van der Waals surface area (Å²) >= 11 is 0. The van der Waals surface area contributed by atoms with Crippen LogP contribution in [-0.4, -0.2) is 76.3 Å². The number of rotatable bonds is 7. The Balaban J connectivity index is 1.51. The van der Waals surface area contributed by atoms with E-state index in [1.165, 1.54) is 15.6 Å². The Morgan fingerprint density at radius 1 is 1.17 bits per heavy atom. The number of carbonyl (C=O) groups excluding carboxylic acids is 2. The third kappa shape index (κ3) is 6.41. The first-order chi connectivity index (χ1) is 20.0. The Morgan fingerprint density at radius 2 is 1.93 bits per heavy atom. The molecule has 0 radical (unpaired) electrons. The number of nitrogens with one attached hydrogen (secondary N) is 2. The van der Waals surface area contributed by atoms with Crippen molar-refractivity contribution in [3.8, 4) is 0 Å². The second-order valence-corrected chi connectivity index (χ2v) is 11.8. The normalized spacial score (nSPS) is 19.5. The molecule has 2 aliphatic rings. The number of hydrogen-bond acceptors (Lipinski definition) is 9. The summed E-state index contributed by atoms with van der Waals surface area (Å²) in [6.45, 7) is 6.54. The fraction of sp³-hybridized carbons (Fsp3) is 0.552. The number of hydrogen-bond donors (Lipinski definition) is 2. The summed E-state index contributed by atoms with van der Waals surface area (Å²) in [7, 11) is 3.23. The van der Waals surface area contributed by atoms with E-state index in [-0.39, 0.29) is 46.7 Å². The number of carbonyl (C=O) groups is 2. The van der Waals surface area contributed by atoms with Crippen molar-refractivity contribution < 1.29 is 23.8 Å². The highest BCUT2D eigenvalue weighted by molar-refractivity contribution is 6.00. The molecule has 0 spiro atoms. The van der Waals surface area contributed by atoms with Crippen molar-refractivity contribution in [2.24, 2.45) is 0 Å². The zero-order chi connectivity index (χ0) is 30.0. The summed E-state index contributed by atoms with van der Waals surface area (Å²) in [5.74, 6) is 0.241. The fourth-order valence-electron chi connectivity index (χ4n) is 5.38. The molecule has 2 fully saturated rings. The van der Waals surface area contributed by atoms with Crippen LogP contribution in [0.25, 0.3) is 5.65 Å². The van der Waals surface area contributed by atoms with Gasteiger partial charge in [0.25, 0.3) is 11.5 Å². The Morgan fingerprint density at radius 3 is 2.62 bits per heavy atom. The molecule has 3 aromatic heterocycles. The number of fused-ring (bicyclic) bond motifs is 1. The molecular weight excluding hydrogens is 542 g/mol. The minimum absolute atomic E-state index is 0.0319. The number of pyridine rings is 1. The van der Waals surface area contributed by atoms with Crippen molar-refractivity contribution in [1.82, 2.24) is 24.5 Å². The van der Waals surface area contributed by atoms with Gasteiger partial charge in [-0.3, -0.25) is 14.5 Å². The molecule has 5 rings (SSSR count). The van der Waals surface area contributed by atoms with Crippen molar-refractivity contribution in [1.29, 1.82) is 0 Å². The number of nitrogens with zero attached hydrogens (tertiary/aromatic N) is 5. The van der Waals surface area contributed by atoms with E-state index in [1.54, 1.807) is 63.9 Å². The average molecular weight is 582 g/mol. The molecule has 13 nitrogen and oxygen atoms in total. The summed E-state index contributed by atoms with van der Waals surface area (Å²) in [4.78, 5) is 45.8. The van der Waals surface area contributed by atoms with Crippen LogP contribution in [0.1, 0.15) is 69.3 Å². The van der Waals surface area contributed by atoms with Crippen LogP contribution in [0.3, 0.4) is 0 Å². The first-order valence-electron chi connectivity index (χ1n) is 14.3.